The number of hydrogen-bond donors (Lipinski definition) is 1. The van der Waals surface area contributed by atoms with E-state index in [1.807, 2.05) is 14.0 Å². The van der Waals surface area contributed by atoms with Crippen LogP contribution in [0.25, 0.3) is 0 Å². The van der Waals surface area contributed by atoms with Crippen LogP contribution < -0.4 is 5.32 Å². The third-order valence-corrected chi connectivity index (χ3v) is 4.06. The molecule has 0 bridgehead atoms. The molecule has 0 aromatic heterocycles. The van der Waals surface area contributed by atoms with E-state index >= 15 is 0 Å². The maximum atomic E-state index is 9.32. The standard InChI is InChI=1S/C16H33N3/c1-8-15(9-2)19(11-13(3)4)14(5)10-16(6,12-17)18-7/h13-15,18H,8-11H2,1-7H3. The molecule has 0 spiro atoms. The van der Waals surface area contributed by atoms with E-state index in [0.29, 0.717) is 18.0 Å². The van der Waals surface area contributed by atoms with Gasteiger partial charge in [0.1, 0.15) is 5.54 Å². The molecule has 0 aliphatic carbocycles. The molecular formula is C16H33N3. The van der Waals surface area contributed by atoms with E-state index < -0.39 is 5.54 Å². The van der Waals surface area contributed by atoms with Crippen LogP contribution in [0.1, 0.15) is 60.8 Å². The Bertz CT molecular complexity index is 278. The minimum atomic E-state index is -0.430. The van der Waals surface area contributed by atoms with Crippen LogP contribution >= 0.6 is 0 Å². The second kappa shape index (κ2) is 8.55. The molecule has 0 heterocycles. The van der Waals surface area contributed by atoms with Crippen molar-refractivity contribution in [3.63, 3.8) is 0 Å². The fraction of sp³-hybridized carbons (Fsp3) is 0.938. The van der Waals surface area contributed by atoms with E-state index in [1.165, 1.54) is 12.8 Å². The van der Waals surface area contributed by atoms with Gasteiger partial charge in [0, 0.05) is 18.6 Å². The lowest BCUT2D eigenvalue weighted by molar-refractivity contribution is 0.101. The highest BCUT2D eigenvalue weighted by molar-refractivity contribution is 5.05. The SMILES string of the molecule is CCC(CC)N(CC(C)C)C(C)CC(C)(C#N)NC. The number of nitrogens with one attached hydrogen (secondary N) is 1. The summed E-state index contributed by atoms with van der Waals surface area (Å²) in [6.45, 7) is 14.4. The molecule has 0 amide bonds. The summed E-state index contributed by atoms with van der Waals surface area (Å²) in [4.78, 5) is 2.59. The molecule has 3 heteroatoms. The van der Waals surface area contributed by atoms with Gasteiger partial charge in [0.05, 0.1) is 6.07 Å². The average Bonchev–Trinajstić information content (AvgIpc) is 2.38. The molecule has 0 aliphatic rings. The van der Waals surface area contributed by atoms with Crippen molar-refractivity contribution in [1.29, 1.82) is 5.26 Å². The summed E-state index contributed by atoms with van der Waals surface area (Å²) in [6, 6.07) is 3.45. The van der Waals surface area contributed by atoms with E-state index in [0.717, 1.165) is 13.0 Å². The van der Waals surface area contributed by atoms with Gasteiger partial charge in [0.25, 0.3) is 0 Å². The molecule has 0 aromatic carbocycles. The Labute approximate surface area is 120 Å². The Morgan fingerprint density at radius 3 is 2.05 bits per heavy atom. The predicted octanol–water partition coefficient (Wildman–Crippen LogP) is 3.41. The molecule has 0 saturated heterocycles. The predicted molar refractivity (Wildman–Crippen MR) is 83.1 cm³/mol. The van der Waals surface area contributed by atoms with Crippen LogP contribution in [0.2, 0.25) is 0 Å². The molecule has 0 saturated carbocycles. The third kappa shape index (κ3) is 5.93. The van der Waals surface area contributed by atoms with Gasteiger partial charge in [-0.05, 0) is 46.1 Å². The van der Waals surface area contributed by atoms with Crippen LogP contribution in [0, 0.1) is 17.2 Å². The van der Waals surface area contributed by atoms with Crippen molar-refractivity contribution in [2.75, 3.05) is 13.6 Å². The van der Waals surface area contributed by atoms with Crippen molar-refractivity contribution in [3.05, 3.63) is 0 Å². The topological polar surface area (TPSA) is 39.1 Å². The van der Waals surface area contributed by atoms with Crippen molar-refractivity contribution >= 4 is 0 Å². The highest BCUT2D eigenvalue weighted by Crippen LogP contribution is 2.21. The van der Waals surface area contributed by atoms with Crippen molar-refractivity contribution < 1.29 is 0 Å². The monoisotopic (exact) mass is 267 g/mol. The van der Waals surface area contributed by atoms with Gasteiger partial charge in [0.15, 0.2) is 0 Å². The molecule has 0 fully saturated rings. The molecule has 2 unspecified atom stereocenters. The molecule has 19 heavy (non-hydrogen) atoms. The second-order valence-corrected chi connectivity index (χ2v) is 6.31. The smallest absolute Gasteiger partial charge is 0.105 e. The van der Waals surface area contributed by atoms with Crippen molar-refractivity contribution in [2.24, 2.45) is 5.92 Å². The van der Waals surface area contributed by atoms with Gasteiger partial charge in [-0.1, -0.05) is 27.7 Å². The molecule has 0 rings (SSSR count). The maximum absolute atomic E-state index is 9.32. The van der Waals surface area contributed by atoms with Gasteiger partial charge in [0.2, 0.25) is 0 Å². The van der Waals surface area contributed by atoms with Crippen LogP contribution in [-0.4, -0.2) is 36.1 Å². The van der Waals surface area contributed by atoms with Crippen molar-refractivity contribution in [2.45, 2.75) is 78.4 Å². The van der Waals surface area contributed by atoms with E-state index in [2.05, 4.69) is 50.9 Å². The molecule has 3 nitrogen and oxygen atoms in total. The number of nitriles is 1. The summed E-state index contributed by atoms with van der Waals surface area (Å²) in [5, 5.41) is 12.5. The molecule has 2 atom stereocenters. The van der Waals surface area contributed by atoms with E-state index in [4.69, 9.17) is 0 Å². The first kappa shape index (κ1) is 18.4. The van der Waals surface area contributed by atoms with Gasteiger partial charge >= 0.3 is 0 Å². The van der Waals surface area contributed by atoms with Gasteiger partial charge in [-0.2, -0.15) is 5.26 Å². The van der Waals surface area contributed by atoms with Crippen LogP contribution in [0.5, 0.6) is 0 Å². The van der Waals surface area contributed by atoms with Crippen LogP contribution in [0.3, 0.4) is 0 Å². The Morgan fingerprint density at radius 1 is 1.21 bits per heavy atom. The lowest BCUT2D eigenvalue weighted by atomic mass is 9.92. The third-order valence-electron chi connectivity index (χ3n) is 4.06. The fourth-order valence-corrected chi connectivity index (χ4v) is 2.78. The summed E-state index contributed by atoms with van der Waals surface area (Å²) in [5.74, 6) is 0.658. The van der Waals surface area contributed by atoms with Crippen molar-refractivity contribution in [1.82, 2.24) is 10.2 Å². The lowest BCUT2D eigenvalue weighted by Gasteiger charge is -2.39. The van der Waals surface area contributed by atoms with Gasteiger partial charge in [-0.25, -0.2) is 0 Å². The summed E-state index contributed by atoms with van der Waals surface area (Å²) in [6.07, 6.45) is 3.22. The summed E-state index contributed by atoms with van der Waals surface area (Å²) >= 11 is 0. The summed E-state index contributed by atoms with van der Waals surface area (Å²) in [7, 11) is 1.87. The minimum Gasteiger partial charge on any atom is -0.303 e. The number of rotatable bonds is 9. The summed E-state index contributed by atoms with van der Waals surface area (Å²) < 4.78 is 0. The molecule has 0 aromatic rings. The van der Waals surface area contributed by atoms with E-state index in [9.17, 15) is 5.26 Å². The summed E-state index contributed by atoms with van der Waals surface area (Å²) in [5.41, 5.74) is -0.430. The first-order valence-corrected chi connectivity index (χ1v) is 7.69. The largest absolute Gasteiger partial charge is 0.303 e. The first-order chi connectivity index (χ1) is 8.83. The Hall–Kier alpha value is -0.590. The second-order valence-electron chi connectivity index (χ2n) is 6.31. The lowest BCUT2D eigenvalue weighted by Crippen LogP contribution is -2.49. The van der Waals surface area contributed by atoms with Crippen LogP contribution in [-0.2, 0) is 0 Å². The zero-order chi connectivity index (χ0) is 15.1. The molecule has 0 aliphatic heterocycles. The number of nitrogens with zero attached hydrogens (tertiary/aromatic N) is 2. The zero-order valence-corrected chi connectivity index (χ0v) is 14.0. The minimum absolute atomic E-state index is 0.421. The van der Waals surface area contributed by atoms with Crippen molar-refractivity contribution in [3.8, 4) is 6.07 Å². The Morgan fingerprint density at radius 2 is 1.74 bits per heavy atom. The van der Waals surface area contributed by atoms with Gasteiger partial charge in [-0.15, -0.1) is 0 Å². The zero-order valence-electron chi connectivity index (χ0n) is 14.0. The average molecular weight is 267 g/mol. The van der Waals surface area contributed by atoms with E-state index in [-0.39, 0.29) is 0 Å². The highest BCUT2D eigenvalue weighted by atomic mass is 15.2. The van der Waals surface area contributed by atoms with Gasteiger partial charge < -0.3 is 5.32 Å². The number of hydrogen-bond acceptors (Lipinski definition) is 3. The molecule has 1 N–H and O–H groups in total. The van der Waals surface area contributed by atoms with Gasteiger partial charge in [-0.3, -0.25) is 4.90 Å². The van der Waals surface area contributed by atoms with E-state index in [1.54, 1.807) is 0 Å². The molecule has 0 radical (unpaired) electrons. The molecular weight excluding hydrogens is 234 g/mol. The fourth-order valence-electron chi connectivity index (χ4n) is 2.78. The van der Waals surface area contributed by atoms with Crippen LogP contribution in [0.15, 0.2) is 0 Å². The first-order valence-electron chi connectivity index (χ1n) is 7.69. The Kier molecular flexibility index (Phi) is 8.29. The normalized spacial score (nSPS) is 16.7. The Balaban J connectivity index is 4.90. The highest BCUT2D eigenvalue weighted by Gasteiger charge is 2.29. The quantitative estimate of drug-likeness (QED) is 0.696. The maximum Gasteiger partial charge on any atom is 0.105 e. The van der Waals surface area contributed by atoms with Crippen LogP contribution in [0.4, 0.5) is 0 Å². The molecule has 112 valence electrons.